The van der Waals surface area contributed by atoms with Crippen LogP contribution in [0.3, 0.4) is 0 Å². The second-order valence-electron chi connectivity index (χ2n) is 9.01. The zero-order valence-corrected chi connectivity index (χ0v) is 19.6. The molecule has 4 rings (SSSR count). The van der Waals surface area contributed by atoms with Crippen LogP contribution in [0.2, 0.25) is 0 Å². The number of nitrogens with one attached hydrogen (secondary N) is 2. The molecule has 0 unspecified atom stereocenters. The Morgan fingerprint density at radius 1 is 0.971 bits per heavy atom. The van der Waals surface area contributed by atoms with Gasteiger partial charge in [-0.25, -0.2) is 0 Å². The SMILES string of the molecule is Cc1cccc(CO)c1NC1CCN(CC(=O)Nc2ccc(Cc3ccccc3O)cc2)CC1. The van der Waals surface area contributed by atoms with Gasteiger partial charge in [0, 0.05) is 42.5 Å². The van der Waals surface area contributed by atoms with Crippen LogP contribution in [0.1, 0.15) is 35.1 Å². The van der Waals surface area contributed by atoms with E-state index >= 15 is 0 Å². The highest BCUT2D eigenvalue weighted by Gasteiger charge is 2.22. The van der Waals surface area contributed by atoms with Crippen molar-refractivity contribution in [2.45, 2.75) is 38.8 Å². The summed E-state index contributed by atoms with van der Waals surface area (Å²) < 4.78 is 0. The summed E-state index contributed by atoms with van der Waals surface area (Å²) in [6.07, 6.45) is 2.55. The number of carbonyl (C=O) groups excluding carboxylic acids is 1. The summed E-state index contributed by atoms with van der Waals surface area (Å²) in [6, 6.07) is 21.4. The van der Waals surface area contributed by atoms with Gasteiger partial charge in [0.2, 0.25) is 5.91 Å². The number of phenolic OH excluding ortho intramolecular Hbond substituents is 1. The quantitative estimate of drug-likeness (QED) is 0.404. The first-order chi connectivity index (χ1) is 16.5. The number of anilines is 2. The van der Waals surface area contributed by atoms with Gasteiger partial charge in [0.15, 0.2) is 0 Å². The summed E-state index contributed by atoms with van der Waals surface area (Å²) >= 11 is 0. The average Bonchev–Trinajstić information content (AvgIpc) is 2.84. The van der Waals surface area contributed by atoms with Crippen LogP contribution < -0.4 is 10.6 Å². The summed E-state index contributed by atoms with van der Waals surface area (Å²) in [5.41, 5.74) is 5.83. The summed E-state index contributed by atoms with van der Waals surface area (Å²) in [5.74, 6) is 0.285. The van der Waals surface area contributed by atoms with Gasteiger partial charge in [0.1, 0.15) is 5.75 Å². The predicted octanol–water partition coefficient (Wildman–Crippen LogP) is 4.30. The molecule has 1 saturated heterocycles. The molecular formula is C28H33N3O3. The number of likely N-dealkylation sites (tertiary alicyclic amines) is 1. The fourth-order valence-corrected chi connectivity index (χ4v) is 4.50. The maximum Gasteiger partial charge on any atom is 0.238 e. The number of hydrogen-bond donors (Lipinski definition) is 4. The van der Waals surface area contributed by atoms with Gasteiger partial charge < -0.3 is 20.8 Å². The number of piperidine rings is 1. The molecule has 0 bridgehead atoms. The van der Waals surface area contributed by atoms with Crippen LogP contribution in [-0.2, 0) is 17.8 Å². The minimum absolute atomic E-state index is 0.0127. The summed E-state index contributed by atoms with van der Waals surface area (Å²) in [7, 11) is 0. The van der Waals surface area contributed by atoms with Gasteiger partial charge in [-0.3, -0.25) is 9.69 Å². The molecule has 178 valence electrons. The van der Waals surface area contributed by atoms with Gasteiger partial charge in [-0.1, -0.05) is 48.5 Å². The highest BCUT2D eigenvalue weighted by molar-refractivity contribution is 5.92. The van der Waals surface area contributed by atoms with Crippen LogP contribution in [0.15, 0.2) is 66.7 Å². The number of amides is 1. The number of phenols is 1. The molecule has 3 aromatic rings. The van der Waals surface area contributed by atoms with Gasteiger partial charge in [-0.05, 0) is 54.7 Å². The molecule has 0 atom stereocenters. The van der Waals surface area contributed by atoms with Crippen molar-refractivity contribution in [1.82, 2.24) is 4.90 Å². The summed E-state index contributed by atoms with van der Waals surface area (Å²) in [5, 5.41) is 26.2. The van der Waals surface area contributed by atoms with E-state index in [0.717, 1.165) is 59.6 Å². The number of benzene rings is 3. The van der Waals surface area contributed by atoms with E-state index in [-0.39, 0.29) is 12.5 Å². The molecule has 6 heteroatoms. The van der Waals surface area contributed by atoms with E-state index in [9.17, 15) is 15.0 Å². The fraction of sp³-hybridized carbons (Fsp3) is 0.321. The Kier molecular flexibility index (Phi) is 7.83. The van der Waals surface area contributed by atoms with E-state index in [1.165, 1.54) is 0 Å². The lowest BCUT2D eigenvalue weighted by molar-refractivity contribution is -0.117. The second kappa shape index (κ2) is 11.2. The van der Waals surface area contributed by atoms with Crippen LogP contribution in [0.5, 0.6) is 5.75 Å². The third-order valence-electron chi connectivity index (χ3n) is 6.46. The molecule has 1 aliphatic heterocycles. The monoisotopic (exact) mass is 459 g/mol. The Hall–Kier alpha value is -3.35. The minimum atomic E-state index is -0.0127. The lowest BCUT2D eigenvalue weighted by Gasteiger charge is -2.33. The van der Waals surface area contributed by atoms with Gasteiger partial charge in [0.25, 0.3) is 0 Å². The summed E-state index contributed by atoms with van der Waals surface area (Å²) in [4.78, 5) is 14.8. The standard InChI is InChI=1S/C28H33N3O3/c1-20-5-4-7-23(19-32)28(20)30-25-13-15-31(16-14-25)18-27(34)29-24-11-9-21(10-12-24)17-22-6-2-3-8-26(22)33/h2-12,25,30,32-33H,13-19H2,1H3,(H,29,34). The molecule has 0 spiro atoms. The van der Waals surface area contributed by atoms with E-state index in [1.807, 2.05) is 54.6 Å². The Morgan fingerprint density at radius 3 is 2.38 bits per heavy atom. The number of aromatic hydroxyl groups is 1. The molecule has 1 fully saturated rings. The minimum Gasteiger partial charge on any atom is -0.508 e. The molecular weight excluding hydrogens is 426 g/mol. The van der Waals surface area contributed by atoms with Gasteiger partial charge in [-0.15, -0.1) is 0 Å². The maximum atomic E-state index is 12.6. The van der Waals surface area contributed by atoms with E-state index < -0.39 is 0 Å². The topological polar surface area (TPSA) is 84.8 Å². The first-order valence-corrected chi connectivity index (χ1v) is 11.9. The number of para-hydroxylation sites is 2. The highest BCUT2D eigenvalue weighted by atomic mass is 16.3. The lowest BCUT2D eigenvalue weighted by atomic mass is 10.0. The zero-order chi connectivity index (χ0) is 23.9. The van der Waals surface area contributed by atoms with Crippen molar-refractivity contribution in [1.29, 1.82) is 0 Å². The van der Waals surface area contributed by atoms with Crippen LogP contribution in [-0.4, -0.2) is 46.7 Å². The predicted molar refractivity (Wildman–Crippen MR) is 136 cm³/mol. The van der Waals surface area contributed by atoms with Crippen LogP contribution in [0.25, 0.3) is 0 Å². The smallest absolute Gasteiger partial charge is 0.238 e. The Morgan fingerprint density at radius 2 is 1.68 bits per heavy atom. The fourth-order valence-electron chi connectivity index (χ4n) is 4.50. The van der Waals surface area contributed by atoms with Gasteiger partial charge in [-0.2, -0.15) is 0 Å². The molecule has 1 amide bonds. The summed E-state index contributed by atoms with van der Waals surface area (Å²) in [6.45, 7) is 4.16. The van der Waals surface area contributed by atoms with E-state index in [2.05, 4.69) is 28.5 Å². The first kappa shape index (κ1) is 23.8. The van der Waals surface area contributed by atoms with E-state index in [0.29, 0.717) is 24.8 Å². The third-order valence-corrected chi connectivity index (χ3v) is 6.46. The number of nitrogens with zero attached hydrogens (tertiary/aromatic N) is 1. The molecule has 1 heterocycles. The highest BCUT2D eigenvalue weighted by Crippen LogP contribution is 2.24. The van der Waals surface area contributed by atoms with Crippen LogP contribution >= 0.6 is 0 Å². The van der Waals surface area contributed by atoms with Crippen molar-refractivity contribution < 1.29 is 15.0 Å². The number of rotatable bonds is 8. The van der Waals surface area contributed by atoms with Crippen molar-refractivity contribution in [3.05, 3.63) is 89.0 Å². The zero-order valence-electron chi connectivity index (χ0n) is 19.6. The number of aryl methyl sites for hydroxylation is 1. The molecule has 0 aliphatic carbocycles. The van der Waals surface area contributed by atoms with E-state index in [1.54, 1.807) is 6.07 Å². The molecule has 34 heavy (non-hydrogen) atoms. The molecule has 4 N–H and O–H groups in total. The number of carbonyl (C=O) groups is 1. The van der Waals surface area contributed by atoms with Crippen molar-refractivity contribution in [3.63, 3.8) is 0 Å². The van der Waals surface area contributed by atoms with Gasteiger partial charge >= 0.3 is 0 Å². The average molecular weight is 460 g/mol. The molecule has 6 nitrogen and oxygen atoms in total. The molecule has 3 aromatic carbocycles. The number of aliphatic hydroxyl groups excluding tert-OH is 1. The van der Waals surface area contributed by atoms with Crippen molar-refractivity contribution in [2.75, 3.05) is 30.3 Å². The van der Waals surface area contributed by atoms with Crippen LogP contribution in [0, 0.1) is 6.92 Å². The molecule has 0 radical (unpaired) electrons. The Bertz CT molecular complexity index is 1110. The lowest BCUT2D eigenvalue weighted by Crippen LogP contribution is -2.42. The Labute approximate surface area is 201 Å². The van der Waals surface area contributed by atoms with Crippen molar-refractivity contribution >= 4 is 17.3 Å². The molecule has 0 saturated carbocycles. The van der Waals surface area contributed by atoms with Gasteiger partial charge in [0.05, 0.1) is 13.2 Å². The normalized spacial score (nSPS) is 14.6. The largest absolute Gasteiger partial charge is 0.508 e. The van der Waals surface area contributed by atoms with E-state index in [4.69, 9.17) is 0 Å². The third kappa shape index (κ3) is 6.16. The molecule has 1 aliphatic rings. The number of hydrogen-bond acceptors (Lipinski definition) is 5. The van der Waals surface area contributed by atoms with Crippen molar-refractivity contribution in [2.24, 2.45) is 0 Å². The number of aliphatic hydroxyl groups is 1. The maximum absolute atomic E-state index is 12.6. The second-order valence-corrected chi connectivity index (χ2v) is 9.01. The molecule has 0 aromatic heterocycles. The van der Waals surface area contributed by atoms with Crippen molar-refractivity contribution in [3.8, 4) is 5.75 Å². The Balaban J connectivity index is 1.23. The first-order valence-electron chi connectivity index (χ1n) is 11.9. The van der Waals surface area contributed by atoms with Crippen LogP contribution in [0.4, 0.5) is 11.4 Å².